The first-order chi connectivity index (χ1) is 12.1. The highest BCUT2D eigenvalue weighted by atomic mass is 16.5. The molecule has 1 amide bonds. The topological polar surface area (TPSA) is 67.5 Å². The van der Waals surface area contributed by atoms with E-state index in [1.165, 1.54) is 5.56 Å². The number of imidazole rings is 1. The van der Waals surface area contributed by atoms with Gasteiger partial charge < -0.3 is 19.4 Å². The Morgan fingerprint density at radius 2 is 2.16 bits per heavy atom. The smallest absolute Gasteiger partial charge is 0.228 e. The molecule has 2 heterocycles. The molecule has 0 aliphatic carbocycles. The van der Waals surface area contributed by atoms with Crippen molar-refractivity contribution >= 4 is 5.91 Å². The van der Waals surface area contributed by atoms with Crippen LogP contribution in [0.2, 0.25) is 0 Å². The minimum atomic E-state index is -0.465. The van der Waals surface area contributed by atoms with Crippen LogP contribution in [-0.4, -0.2) is 53.2 Å². The maximum atomic E-state index is 12.6. The lowest BCUT2D eigenvalue weighted by Gasteiger charge is -2.41. The molecule has 1 aliphatic heterocycles. The van der Waals surface area contributed by atoms with E-state index in [4.69, 9.17) is 9.47 Å². The Kier molecular flexibility index (Phi) is 5.38. The van der Waals surface area contributed by atoms with Crippen molar-refractivity contribution in [1.29, 1.82) is 0 Å². The highest BCUT2D eigenvalue weighted by Gasteiger charge is 2.38. The van der Waals surface area contributed by atoms with Gasteiger partial charge in [0.1, 0.15) is 18.0 Å². The average Bonchev–Trinajstić information content (AvgIpc) is 3.14. The summed E-state index contributed by atoms with van der Waals surface area (Å²) in [5.41, 5.74) is 1.56. The van der Waals surface area contributed by atoms with E-state index in [2.05, 4.69) is 9.97 Å². The predicted molar refractivity (Wildman–Crippen MR) is 94.5 cm³/mol. The van der Waals surface area contributed by atoms with E-state index >= 15 is 0 Å². The highest BCUT2D eigenvalue weighted by molar-refractivity contribution is 5.78. The molecule has 134 valence electrons. The number of likely N-dealkylation sites (tertiary alicyclic amines) is 1. The number of carbonyl (C=O) groups is 1. The first-order valence-corrected chi connectivity index (χ1v) is 8.60. The molecular weight excluding hydrogens is 318 g/mol. The molecule has 1 aromatic heterocycles. The van der Waals surface area contributed by atoms with E-state index in [9.17, 15) is 4.79 Å². The van der Waals surface area contributed by atoms with Gasteiger partial charge >= 0.3 is 0 Å². The van der Waals surface area contributed by atoms with E-state index in [1.807, 2.05) is 36.1 Å². The second-order valence-electron chi connectivity index (χ2n) is 6.66. The fourth-order valence-corrected chi connectivity index (χ4v) is 3.16. The number of piperidine rings is 1. The largest absolute Gasteiger partial charge is 0.491 e. The van der Waals surface area contributed by atoms with Crippen molar-refractivity contribution in [2.45, 2.75) is 31.8 Å². The molecule has 1 fully saturated rings. The van der Waals surface area contributed by atoms with E-state index in [-0.39, 0.29) is 5.91 Å². The summed E-state index contributed by atoms with van der Waals surface area (Å²) in [6.45, 7) is 3.77. The number of ether oxygens (including phenoxy) is 2. The third-order valence-electron chi connectivity index (χ3n) is 4.74. The molecule has 3 rings (SSSR count). The summed E-state index contributed by atoms with van der Waals surface area (Å²) < 4.78 is 11.8. The Morgan fingerprint density at radius 3 is 2.84 bits per heavy atom. The van der Waals surface area contributed by atoms with Gasteiger partial charge in [-0.1, -0.05) is 17.7 Å². The molecule has 1 atom stereocenters. The van der Waals surface area contributed by atoms with E-state index < -0.39 is 5.60 Å². The zero-order chi connectivity index (χ0) is 17.7. The molecular formula is C19H25N3O3. The monoisotopic (exact) mass is 343 g/mol. The molecule has 0 radical (unpaired) electrons. The Labute approximate surface area is 148 Å². The molecule has 6 heteroatoms. The Balaban J connectivity index is 1.61. The van der Waals surface area contributed by atoms with Gasteiger partial charge in [-0.2, -0.15) is 0 Å². The lowest BCUT2D eigenvalue weighted by molar-refractivity contribution is -0.142. The standard InChI is InChI=1S/C19H25N3O3/c1-15-4-6-17(7-5-15)25-13-19(24-2)8-3-9-22(12-19)18(23)10-16-11-20-14-21-16/h4-7,11,14H,3,8-10,12-13H2,1-2H3,(H,20,21). The van der Waals surface area contributed by atoms with Gasteiger partial charge in [0.15, 0.2) is 0 Å². The Hall–Kier alpha value is -2.34. The fraction of sp³-hybridized carbons (Fsp3) is 0.474. The number of benzene rings is 1. The normalized spacial score (nSPS) is 20.5. The summed E-state index contributed by atoms with van der Waals surface area (Å²) in [5, 5.41) is 0. The van der Waals surface area contributed by atoms with Crippen molar-refractivity contribution in [2.24, 2.45) is 0 Å². The number of aromatic amines is 1. The lowest BCUT2D eigenvalue weighted by Crippen LogP contribution is -2.54. The molecule has 0 bridgehead atoms. The van der Waals surface area contributed by atoms with Crippen LogP contribution in [0.5, 0.6) is 5.75 Å². The fourth-order valence-electron chi connectivity index (χ4n) is 3.16. The summed E-state index contributed by atoms with van der Waals surface area (Å²) in [5.74, 6) is 0.906. The number of nitrogens with zero attached hydrogens (tertiary/aromatic N) is 2. The molecule has 1 unspecified atom stereocenters. The molecule has 6 nitrogen and oxygen atoms in total. The number of carbonyl (C=O) groups excluding carboxylic acids is 1. The minimum absolute atomic E-state index is 0.0840. The van der Waals surface area contributed by atoms with Gasteiger partial charge in [0.25, 0.3) is 0 Å². The number of nitrogens with one attached hydrogen (secondary N) is 1. The zero-order valence-corrected chi connectivity index (χ0v) is 14.8. The molecule has 1 aliphatic rings. The van der Waals surface area contributed by atoms with Gasteiger partial charge in [0, 0.05) is 25.5 Å². The van der Waals surface area contributed by atoms with E-state index in [0.717, 1.165) is 30.8 Å². The molecule has 2 aromatic rings. The number of amides is 1. The van der Waals surface area contributed by atoms with Crippen LogP contribution < -0.4 is 4.74 Å². The van der Waals surface area contributed by atoms with Crippen LogP contribution in [0.3, 0.4) is 0 Å². The zero-order valence-electron chi connectivity index (χ0n) is 14.8. The first kappa shape index (κ1) is 17.5. The van der Waals surface area contributed by atoms with Crippen LogP contribution in [0, 0.1) is 6.92 Å². The maximum absolute atomic E-state index is 12.6. The van der Waals surface area contributed by atoms with Crippen molar-refractivity contribution in [3.63, 3.8) is 0 Å². The van der Waals surface area contributed by atoms with Crippen molar-refractivity contribution in [2.75, 3.05) is 26.8 Å². The third kappa shape index (κ3) is 4.39. The predicted octanol–water partition coefficient (Wildman–Crippen LogP) is 2.35. The first-order valence-electron chi connectivity index (χ1n) is 8.60. The maximum Gasteiger partial charge on any atom is 0.228 e. The molecule has 0 spiro atoms. The Morgan fingerprint density at radius 1 is 1.36 bits per heavy atom. The second-order valence-corrected chi connectivity index (χ2v) is 6.66. The van der Waals surface area contributed by atoms with Crippen molar-refractivity contribution < 1.29 is 14.3 Å². The summed E-state index contributed by atoms with van der Waals surface area (Å²) in [6, 6.07) is 7.97. The average molecular weight is 343 g/mol. The second kappa shape index (κ2) is 7.70. The number of methoxy groups -OCH3 is 1. The summed E-state index contributed by atoms with van der Waals surface area (Å²) in [4.78, 5) is 21.4. The molecule has 1 aromatic carbocycles. The summed E-state index contributed by atoms with van der Waals surface area (Å²) in [7, 11) is 1.70. The van der Waals surface area contributed by atoms with Crippen LogP contribution in [0.25, 0.3) is 0 Å². The van der Waals surface area contributed by atoms with Gasteiger partial charge in [0.2, 0.25) is 5.91 Å². The van der Waals surface area contributed by atoms with Gasteiger partial charge in [-0.25, -0.2) is 4.98 Å². The van der Waals surface area contributed by atoms with Crippen molar-refractivity contribution in [3.05, 3.63) is 48.0 Å². The van der Waals surface area contributed by atoms with Crippen LogP contribution >= 0.6 is 0 Å². The van der Waals surface area contributed by atoms with Crippen LogP contribution in [0.1, 0.15) is 24.1 Å². The summed E-state index contributed by atoms with van der Waals surface area (Å²) >= 11 is 0. The third-order valence-corrected chi connectivity index (χ3v) is 4.74. The van der Waals surface area contributed by atoms with Crippen molar-refractivity contribution in [3.8, 4) is 5.75 Å². The lowest BCUT2D eigenvalue weighted by atomic mass is 9.93. The highest BCUT2D eigenvalue weighted by Crippen LogP contribution is 2.26. The van der Waals surface area contributed by atoms with E-state index in [1.54, 1.807) is 19.6 Å². The van der Waals surface area contributed by atoms with Gasteiger partial charge in [-0.05, 0) is 31.9 Å². The quantitative estimate of drug-likeness (QED) is 0.874. The van der Waals surface area contributed by atoms with Crippen LogP contribution in [0.15, 0.2) is 36.8 Å². The number of H-pyrrole nitrogens is 1. The number of hydrogen-bond acceptors (Lipinski definition) is 4. The number of rotatable bonds is 6. The number of aromatic nitrogens is 2. The van der Waals surface area contributed by atoms with Crippen molar-refractivity contribution in [1.82, 2.24) is 14.9 Å². The molecule has 25 heavy (non-hydrogen) atoms. The number of hydrogen-bond donors (Lipinski definition) is 1. The van der Waals surface area contributed by atoms with Gasteiger partial charge in [-0.3, -0.25) is 4.79 Å². The Bertz CT molecular complexity index is 684. The molecule has 1 N–H and O–H groups in total. The minimum Gasteiger partial charge on any atom is -0.491 e. The summed E-state index contributed by atoms with van der Waals surface area (Å²) in [6.07, 6.45) is 5.39. The van der Waals surface area contributed by atoms with Crippen LogP contribution in [-0.2, 0) is 16.0 Å². The molecule has 0 saturated carbocycles. The van der Waals surface area contributed by atoms with Gasteiger partial charge in [0.05, 0.1) is 19.3 Å². The SMILES string of the molecule is COC1(COc2ccc(C)cc2)CCCN(C(=O)Cc2cnc[nH]2)C1. The van der Waals surface area contributed by atoms with E-state index in [0.29, 0.717) is 19.6 Å². The van der Waals surface area contributed by atoms with Gasteiger partial charge in [-0.15, -0.1) is 0 Å². The number of aryl methyl sites for hydroxylation is 1. The van der Waals surface area contributed by atoms with Crippen LogP contribution in [0.4, 0.5) is 0 Å². The molecule has 1 saturated heterocycles.